The number of benzene rings is 1. The molecule has 0 fully saturated rings. The van der Waals surface area contributed by atoms with Crippen molar-refractivity contribution in [2.75, 3.05) is 6.54 Å². The highest BCUT2D eigenvalue weighted by molar-refractivity contribution is 5.96. The van der Waals surface area contributed by atoms with Crippen molar-refractivity contribution in [3.63, 3.8) is 0 Å². The van der Waals surface area contributed by atoms with E-state index in [2.05, 4.69) is 5.32 Å². The monoisotopic (exact) mass is 457 g/mol. The third-order valence-electron chi connectivity index (χ3n) is 4.00. The van der Waals surface area contributed by atoms with Crippen molar-refractivity contribution < 1.29 is 37.8 Å². The Morgan fingerprint density at radius 3 is 2.16 bits per heavy atom. The van der Waals surface area contributed by atoms with Crippen LogP contribution in [-0.2, 0) is 16.1 Å². The summed E-state index contributed by atoms with van der Waals surface area (Å²) in [5.41, 5.74) is 5.75. The number of carbonyl (C=O) groups excluding carboxylic acids is 1. The van der Waals surface area contributed by atoms with Gasteiger partial charge in [0.15, 0.2) is 0 Å². The molecule has 12 heteroatoms. The van der Waals surface area contributed by atoms with Crippen LogP contribution in [0.1, 0.15) is 28.8 Å². The number of hydrogen-bond acceptors (Lipinski definition) is 5. The summed E-state index contributed by atoms with van der Waals surface area (Å²) in [6, 6.07) is 11.3. The zero-order valence-corrected chi connectivity index (χ0v) is 16.7. The quantitative estimate of drug-likeness (QED) is 0.468. The van der Waals surface area contributed by atoms with Gasteiger partial charge in [0.1, 0.15) is 11.6 Å². The minimum absolute atomic E-state index is 0.0857. The van der Waals surface area contributed by atoms with E-state index in [0.29, 0.717) is 19.5 Å². The van der Waals surface area contributed by atoms with Gasteiger partial charge in [0.05, 0.1) is 6.54 Å². The van der Waals surface area contributed by atoms with E-state index in [9.17, 15) is 32.7 Å². The third-order valence-corrected chi connectivity index (χ3v) is 4.00. The van der Waals surface area contributed by atoms with E-state index in [1.807, 2.05) is 30.3 Å². The third kappa shape index (κ3) is 8.60. The lowest BCUT2D eigenvalue weighted by molar-refractivity contribution is -0.192. The lowest BCUT2D eigenvalue weighted by Crippen LogP contribution is -2.43. The van der Waals surface area contributed by atoms with Crippen LogP contribution in [0.15, 0.2) is 53.5 Å². The first-order chi connectivity index (χ1) is 15.0. The molecule has 0 saturated heterocycles. The molecule has 5 N–H and O–H groups in total. The summed E-state index contributed by atoms with van der Waals surface area (Å²) < 4.78 is 33.2. The Morgan fingerprint density at radius 1 is 1.06 bits per heavy atom. The van der Waals surface area contributed by atoms with Gasteiger partial charge in [-0.2, -0.15) is 13.2 Å². The number of carboxylic acids is 2. The fourth-order valence-corrected chi connectivity index (χ4v) is 2.43. The van der Waals surface area contributed by atoms with Crippen molar-refractivity contribution in [3.8, 4) is 0 Å². The highest BCUT2D eigenvalue weighted by Crippen LogP contribution is 2.13. The summed E-state index contributed by atoms with van der Waals surface area (Å²) in [7, 11) is 0. The number of nitrogens with zero attached hydrogens (tertiary/aromatic N) is 1. The van der Waals surface area contributed by atoms with Crippen molar-refractivity contribution in [2.24, 2.45) is 5.73 Å². The SMILES string of the molecule is NCCC[C@H](NC(=O)c1cccn(Cc2ccccc2)c1=O)C(=O)O.O=C(O)C(F)(F)F. The van der Waals surface area contributed by atoms with E-state index >= 15 is 0 Å². The van der Waals surface area contributed by atoms with Gasteiger partial charge in [-0.05, 0) is 37.1 Å². The largest absolute Gasteiger partial charge is 0.490 e. The molecular formula is C20H22F3N3O6. The number of aliphatic carboxylic acids is 2. The Balaban J connectivity index is 0.000000633. The van der Waals surface area contributed by atoms with Gasteiger partial charge in [0.2, 0.25) is 0 Å². The Kier molecular flexibility index (Phi) is 10.1. The standard InChI is InChI=1S/C18H21N3O4.C2HF3O2/c19-10-4-9-15(18(24)25)20-16(22)14-8-5-11-21(17(14)23)12-13-6-2-1-3-7-13;3-2(4,5)1(6)7/h1-3,5-8,11,15H,4,9-10,12,19H2,(H,20,22)(H,24,25);(H,6,7)/t15-;/m0./s1. The van der Waals surface area contributed by atoms with Crippen LogP contribution >= 0.6 is 0 Å². The van der Waals surface area contributed by atoms with Crippen molar-refractivity contribution in [3.05, 3.63) is 70.1 Å². The Labute approximate surface area is 180 Å². The van der Waals surface area contributed by atoms with E-state index in [4.69, 9.17) is 15.6 Å². The molecule has 1 aromatic heterocycles. The van der Waals surface area contributed by atoms with Gasteiger partial charge in [0, 0.05) is 6.20 Å². The average Bonchev–Trinajstić information content (AvgIpc) is 2.72. The molecule has 1 atom stereocenters. The molecule has 0 unspecified atom stereocenters. The zero-order valence-electron chi connectivity index (χ0n) is 16.7. The minimum Gasteiger partial charge on any atom is -0.480 e. The Hall–Kier alpha value is -3.67. The van der Waals surface area contributed by atoms with Crippen molar-refractivity contribution in [1.82, 2.24) is 9.88 Å². The molecule has 0 saturated carbocycles. The van der Waals surface area contributed by atoms with Gasteiger partial charge in [-0.1, -0.05) is 30.3 Å². The summed E-state index contributed by atoms with van der Waals surface area (Å²) in [5.74, 6) is -4.60. The number of carboxylic acid groups (broad SMARTS) is 2. The molecule has 32 heavy (non-hydrogen) atoms. The van der Waals surface area contributed by atoms with E-state index in [-0.39, 0.29) is 12.0 Å². The normalized spacial score (nSPS) is 11.6. The maximum Gasteiger partial charge on any atom is 0.490 e. The lowest BCUT2D eigenvalue weighted by Gasteiger charge is -2.14. The first-order valence-electron chi connectivity index (χ1n) is 9.24. The van der Waals surface area contributed by atoms with Gasteiger partial charge in [-0.25, -0.2) is 9.59 Å². The van der Waals surface area contributed by atoms with E-state index < -0.39 is 35.6 Å². The van der Waals surface area contributed by atoms with Crippen LogP contribution in [0, 0.1) is 0 Å². The Bertz CT molecular complexity index is 977. The number of rotatable bonds is 8. The highest BCUT2D eigenvalue weighted by Gasteiger charge is 2.38. The molecule has 0 aliphatic carbocycles. The number of pyridine rings is 1. The number of carbonyl (C=O) groups is 3. The van der Waals surface area contributed by atoms with Crippen LogP contribution in [0.5, 0.6) is 0 Å². The fourth-order valence-electron chi connectivity index (χ4n) is 2.43. The molecule has 0 radical (unpaired) electrons. The Morgan fingerprint density at radius 2 is 1.66 bits per heavy atom. The molecular weight excluding hydrogens is 435 g/mol. The van der Waals surface area contributed by atoms with Crippen molar-refractivity contribution >= 4 is 17.8 Å². The predicted molar refractivity (Wildman–Crippen MR) is 107 cm³/mol. The molecule has 1 aromatic carbocycles. The molecule has 0 spiro atoms. The van der Waals surface area contributed by atoms with E-state index in [0.717, 1.165) is 5.56 Å². The highest BCUT2D eigenvalue weighted by atomic mass is 19.4. The topological polar surface area (TPSA) is 152 Å². The van der Waals surface area contributed by atoms with Gasteiger partial charge < -0.3 is 25.8 Å². The summed E-state index contributed by atoms with van der Waals surface area (Å²) in [6.07, 6.45) is -2.82. The van der Waals surface area contributed by atoms with Crippen molar-refractivity contribution in [2.45, 2.75) is 31.6 Å². The molecule has 9 nitrogen and oxygen atoms in total. The lowest BCUT2D eigenvalue weighted by atomic mass is 10.1. The number of hydrogen-bond donors (Lipinski definition) is 4. The van der Waals surface area contributed by atoms with E-state index in [1.165, 1.54) is 10.6 Å². The number of nitrogens with two attached hydrogens (primary N) is 1. The maximum absolute atomic E-state index is 12.5. The van der Waals surface area contributed by atoms with E-state index in [1.54, 1.807) is 12.3 Å². The number of alkyl halides is 3. The first-order valence-corrected chi connectivity index (χ1v) is 9.24. The molecule has 0 bridgehead atoms. The number of amides is 1. The van der Waals surface area contributed by atoms with Crippen LogP contribution in [-0.4, -0.2) is 51.4 Å². The average molecular weight is 457 g/mol. The predicted octanol–water partition coefficient (Wildman–Crippen LogP) is 1.45. The van der Waals surface area contributed by atoms with Crippen LogP contribution in [0.2, 0.25) is 0 Å². The van der Waals surface area contributed by atoms with Gasteiger partial charge in [0.25, 0.3) is 11.5 Å². The summed E-state index contributed by atoms with van der Waals surface area (Å²) in [6.45, 7) is 0.658. The zero-order chi connectivity index (χ0) is 24.3. The molecule has 2 rings (SSSR count). The fraction of sp³-hybridized carbons (Fsp3) is 0.300. The number of halogens is 3. The molecule has 1 amide bonds. The van der Waals surface area contributed by atoms with Gasteiger partial charge in [-0.3, -0.25) is 9.59 Å². The van der Waals surface area contributed by atoms with Gasteiger partial charge in [-0.15, -0.1) is 0 Å². The maximum atomic E-state index is 12.5. The number of nitrogens with one attached hydrogen (secondary N) is 1. The second-order valence-electron chi connectivity index (χ2n) is 6.44. The second-order valence-corrected chi connectivity index (χ2v) is 6.44. The number of aromatic nitrogens is 1. The van der Waals surface area contributed by atoms with Crippen molar-refractivity contribution in [1.29, 1.82) is 0 Å². The molecule has 0 aliphatic rings. The first kappa shape index (κ1) is 26.4. The summed E-state index contributed by atoms with van der Waals surface area (Å²) >= 11 is 0. The van der Waals surface area contributed by atoms with Crippen LogP contribution in [0.3, 0.4) is 0 Å². The summed E-state index contributed by atoms with van der Waals surface area (Å²) in [5, 5.41) is 18.7. The molecule has 2 aromatic rings. The van der Waals surface area contributed by atoms with Crippen LogP contribution in [0.4, 0.5) is 13.2 Å². The second kappa shape index (κ2) is 12.2. The van der Waals surface area contributed by atoms with Gasteiger partial charge >= 0.3 is 18.1 Å². The molecule has 0 aliphatic heterocycles. The summed E-state index contributed by atoms with van der Waals surface area (Å²) in [4.78, 5) is 45.0. The minimum atomic E-state index is -5.08. The molecule has 1 heterocycles. The smallest absolute Gasteiger partial charge is 0.480 e. The molecule has 174 valence electrons. The van der Waals surface area contributed by atoms with Crippen LogP contribution < -0.4 is 16.6 Å². The van der Waals surface area contributed by atoms with Crippen LogP contribution in [0.25, 0.3) is 0 Å².